The molecule has 5 heteroatoms. The van der Waals surface area contributed by atoms with Gasteiger partial charge in [0.25, 0.3) is 0 Å². The predicted octanol–water partition coefficient (Wildman–Crippen LogP) is 0.0246. The summed E-state index contributed by atoms with van der Waals surface area (Å²) in [5, 5.41) is 11.8. The third-order valence-electron chi connectivity index (χ3n) is 2.44. The molecular formula is C12H18N2O3. The summed E-state index contributed by atoms with van der Waals surface area (Å²) < 4.78 is 4.91. The molecule has 0 radical (unpaired) electrons. The third kappa shape index (κ3) is 4.42. The number of rotatable bonds is 6. The van der Waals surface area contributed by atoms with Gasteiger partial charge in [0.2, 0.25) is 5.91 Å². The molecule has 1 aromatic rings. The molecule has 17 heavy (non-hydrogen) atoms. The fourth-order valence-corrected chi connectivity index (χ4v) is 1.42. The highest BCUT2D eigenvalue weighted by Gasteiger charge is 2.14. The third-order valence-corrected chi connectivity index (χ3v) is 2.44. The fraction of sp³-hybridized carbons (Fsp3) is 0.417. The monoisotopic (exact) mass is 238 g/mol. The Hall–Kier alpha value is -1.59. The first-order chi connectivity index (χ1) is 8.17. The van der Waals surface area contributed by atoms with Crippen molar-refractivity contribution in [1.29, 1.82) is 0 Å². The number of nitrogens with two attached hydrogens (primary N) is 1. The van der Waals surface area contributed by atoms with Crippen molar-refractivity contribution in [1.82, 2.24) is 5.32 Å². The van der Waals surface area contributed by atoms with E-state index < -0.39 is 6.10 Å². The van der Waals surface area contributed by atoms with Crippen LogP contribution >= 0.6 is 0 Å². The zero-order valence-electron chi connectivity index (χ0n) is 9.85. The number of aromatic hydroxyl groups is 1. The highest BCUT2D eigenvalue weighted by atomic mass is 16.5. The standard InChI is InChI=1S/C12H18N2O3/c1-17-11(8-13)12(16)14-7-6-9-2-4-10(15)5-3-9/h2-5,11,15H,6-8,13H2,1H3,(H,14,16). The Labute approximate surface area is 101 Å². The Morgan fingerprint density at radius 2 is 2.12 bits per heavy atom. The van der Waals surface area contributed by atoms with Crippen molar-refractivity contribution in [2.45, 2.75) is 12.5 Å². The lowest BCUT2D eigenvalue weighted by Crippen LogP contribution is -2.41. The molecule has 0 aliphatic heterocycles. The van der Waals surface area contributed by atoms with E-state index in [-0.39, 0.29) is 18.2 Å². The Kier molecular flexibility index (Phi) is 5.45. The number of phenols is 1. The minimum absolute atomic E-state index is 0.168. The average Bonchev–Trinajstić information content (AvgIpc) is 2.33. The number of carbonyl (C=O) groups excluding carboxylic acids is 1. The first kappa shape index (κ1) is 13.5. The van der Waals surface area contributed by atoms with Crippen LogP contribution in [0.3, 0.4) is 0 Å². The van der Waals surface area contributed by atoms with Crippen molar-refractivity contribution >= 4 is 5.91 Å². The van der Waals surface area contributed by atoms with Crippen LogP contribution in [-0.4, -0.2) is 37.3 Å². The summed E-state index contributed by atoms with van der Waals surface area (Å²) in [6.07, 6.45) is 0.113. The number of phenolic OH excluding ortho intramolecular Hbond substituents is 1. The number of amides is 1. The van der Waals surface area contributed by atoms with Crippen LogP contribution in [0.15, 0.2) is 24.3 Å². The Balaban J connectivity index is 2.32. The second-order valence-corrected chi connectivity index (χ2v) is 3.67. The zero-order chi connectivity index (χ0) is 12.7. The molecule has 1 aromatic carbocycles. The van der Waals surface area contributed by atoms with Crippen LogP contribution < -0.4 is 11.1 Å². The topological polar surface area (TPSA) is 84.6 Å². The quantitative estimate of drug-likeness (QED) is 0.652. The lowest BCUT2D eigenvalue weighted by atomic mass is 10.1. The SMILES string of the molecule is COC(CN)C(=O)NCCc1ccc(O)cc1. The summed E-state index contributed by atoms with van der Waals surface area (Å²) in [7, 11) is 1.46. The van der Waals surface area contributed by atoms with Crippen LogP contribution in [0.1, 0.15) is 5.56 Å². The molecule has 0 aliphatic carbocycles. The van der Waals surface area contributed by atoms with Crippen molar-refractivity contribution in [3.8, 4) is 5.75 Å². The number of carbonyl (C=O) groups is 1. The molecule has 0 spiro atoms. The average molecular weight is 238 g/mol. The van der Waals surface area contributed by atoms with Crippen molar-refractivity contribution in [2.24, 2.45) is 5.73 Å². The molecule has 94 valence electrons. The zero-order valence-corrected chi connectivity index (χ0v) is 9.85. The van der Waals surface area contributed by atoms with E-state index in [1.165, 1.54) is 7.11 Å². The molecule has 1 rings (SSSR count). The van der Waals surface area contributed by atoms with Crippen LogP contribution in [0.2, 0.25) is 0 Å². The highest BCUT2D eigenvalue weighted by molar-refractivity contribution is 5.80. The fourth-order valence-electron chi connectivity index (χ4n) is 1.42. The number of benzene rings is 1. The minimum Gasteiger partial charge on any atom is -0.508 e. The van der Waals surface area contributed by atoms with Gasteiger partial charge < -0.3 is 20.9 Å². The van der Waals surface area contributed by atoms with Gasteiger partial charge in [0.05, 0.1) is 0 Å². The molecule has 4 N–H and O–H groups in total. The molecule has 1 unspecified atom stereocenters. The highest BCUT2D eigenvalue weighted by Crippen LogP contribution is 2.09. The van der Waals surface area contributed by atoms with Gasteiger partial charge in [-0.1, -0.05) is 12.1 Å². The molecule has 0 bridgehead atoms. The van der Waals surface area contributed by atoms with E-state index in [9.17, 15) is 4.79 Å². The summed E-state index contributed by atoms with van der Waals surface area (Å²) >= 11 is 0. The molecule has 0 fully saturated rings. The van der Waals surface area contributed by atoms with Crippen molar-refractivity contribution < 1.29 is 14.6 Å². The van der Waals surface area contributed by atoms with Gasteiger partial charge in [0.1, 0.15) is 11.9 Å². The smallest absolute Gasteiger partial charge is 0.250 e. The van der Waals surface area contributed by atoms with Gasteiger partial charge in [-0.05, 0) is 24.1 Å². The molecule has 5 nitrogen and oxygen atoms in total. The van der Waals surface area contributed by atoms with Gasteiger partial charge in [-0.2, -0.15) is 0 Å². The summed E-state index contributed by atoms with van der Waals surface area (Å²) in [4.78, 5) is 11.5. The van der Waals surface area contributed by atoms with Gasteiger partial charge in [-0.25, -0.2) is 0 Å². The van der Waals surface area contributed by atoms with Gasteiger partial charge in [-0.15, -0.1) is 0 Å². The van der Waals surface area contributed by atoms with E-state index in [1.54, 1.807) is 12.1 Å². The van der Waals surface area contributed by atoms with E-state index in [2.05, 4.69) is 5.32 Å². The number of ether oxygens (including phenoxy) is 1. The Morgan fingerprint density at radius 3 is 2.65 bits per heavy atom. The molecule has 0 saturated carbocycles. The van der Waals surface area contributed by atoms with E-state index in [0.717, 1.165) is 5.56 Å². The first-order valence-corrected chi connectivity index (χ1v) is 5.46. The molecule has 0 heterocycles. The normalized spacial score (nSPS) is 12.1. The molecular weight excluding hydrogens is 220 g/mol. The van der Waals surface area contributed by atoms with Gasteiger partial charge >= 0.3 is 0 Å². The summed E-state index contributed by atoms with van der Waals surface area (Å²) in [5.74, 6) is 0.0362. The minimum atomic E-state index is -0.588. The van der Waals surface area contributed by atoms with Crippen LogP contribution in [0.4, 0.5) is 0 Å². The summed E-state index contributed by atoms with van der Waals surface area (Å²) in [5.41, 5.74) is 6.42. The Bertz CT molecular complexity index is 347. The molecule has 1 amide bonds. The molecule has 0 aliphatic rings. The molecule has 0 saturated heterocycles. The second-order valence-electron chi connectivity index (χ2n) is 3.67. The predicted molar refractivity (Wildman–Crippen MR) is 64.7 cm³/mol. The van der Waals surface area contributed by atoms with Crippen molar-refractivity contribution in [3.05, 3.63) is 29.8 Å². The lowest BCUT2D eigenvalue weighted by molar-refractivity contribution is -0.130. The maximum absolute atomic E-state index is 11.5. The van der Waals surface area contributed by atoms with Crippen LogP contribution in [0.25, 0.3) is 0 Å². The van der Waals surface area contributed by atoms with Gasteiger partial charge in [0, 0.05) is 20.2 Å². The maximum Gasteiger partial charge on any atom is 0.250 e. The number of nitrogens with one attached hydrogen (secondary N) is 1. The van der Waals surface area contributed by atoms with E-state index in [1.807, 2.05) is 12.1 Å². The van der Waals surface area contributed by atoms with E-state index in [4.69, 9.17) is 15.6 Å². The Morgan fingerprint density at radius 1 is 1.47 bits per heavy atom. The number of hydrogen-bond acceptors (Lipinski definition) is 4. The first-order valence-electron chi connectivity index (χ1n) is 5.46. The van der Waals surface area contributed by atoms with Gasteiger partial charge in [0.15, 0.2) is 0 Å². The van der Waals surface area contributed by atoms with Crippen molar-refractivity contribution in [2.75, 3.05) is 20.2 Å². The van der Waals surface area contributed by atoms with Crippen LogP contribution in [-0.2, 0) is 16.0 Å². The summed E-state index contributed by atoms with van der Waals surface area (Å²) in [6, 6.07) is 6.88. The number of hydrogen-bond donors (Lipinski definition) is 3. The maximum atomic E-state index is 11.5. The number of methoxy groups -OCH3 is 1. The van der Waals surface area contributed by atoms with Crippen LogP contribution in [0.5, 0.6) is 5.75 Å². The van der Waals surface area contributed by atoms with E-state index in [0.29, 0.717) is 13.0 Å². The van der Waals surface area contributed by atoms with Crippen LogP contribution in [0, 0.1) is 0 Å². The second kappa shape index (κ2) is 6.88. The lowest BCUT2D eigenvalue weighted by Gasteiger charge is -2.12. The largest absolute Gasteiger partial charge is 0.508 e. The summed E-state index contributed by atoms with van der Waals surface area (Å²) in [6.45, 7) is 0.686. The molecule has 0 aromatic heterocycles. The van der Waals surface area contributed by atoms with E-state index >= 15 is 0 Å². The molecule has 1 atom stereocenters. The van der Waals surface area contributed by atoms with Gasteiger partial charge in [-0.3, -0.25) is 4.79 Å². The van der Waals surface area contributed by atoms with Crippen molar-refractivity contribution in [3.63, 3.8) is 0 Å².